The van der Waals surface area contributed by atoms with Crippen LogP contribution in [0.3, 0.4) is 0 Å². The highest BCUT2D eigenvalue weighted by molar-refractivity contribution is 6.83. The molecule has 0 N–H and O–H groups in total. The summed E-state index contributed by atoms with van der Waals surface area (Å²) in [4.78, 5) is 0. The normalized spacial score (nSPS) is 12.6. The molecule has 1 aromatic carbocycles. The Morgan fingerprint density at radius 3 is 1.92 bits per heavy atom. The smallest absolute Gasteiger partial charge is 0.0720 e. The van der Waals surface area contributed by atoms with E-state index in [0.29, 0.717) is 0 Å². The molecule has 0 aliphatic carbocycles. The number of allylic oxidation sites excluding steroid dienone is 2. The minimum Gasteiger partial charge on any atom is -0.0892 e. The maximum Gasteiger partial charge on any atom is 0.0720 e. The van der Waals surface area contributed by atoms with Crippen molar-refractivity contribution in [1.82, 2.24) is 0 Å². The first kappa shape index (κ1) is 22.2. The quantitative estimate of drug-likeness (QED) is 0.231. The van der Waals surface area contributed by atoms with E-state index in [9.17, 15) is 0 Å². The number of unbranched alkanes of at least 4 members (excludes halogenated alkanes) is 9. The topological polar surface area (TPSA) is 0 Å². The van der Waals surface area contributed by atoms with E-state index in [2.05, 4.69) is 63.0 Å². The molecule has 0 fully saturated rings. The fraction of sp³-hybridized carbons (Fsp3) is 0.667. The van der Waals surface area contributed by atoms with Crippen LogP contribution in [-0.4, -0.2) is 8.07 Å². The van der Waals surface area contributed by atoms with Gasteiger partial charge in [0.05, 0.1) is 8.07 Å². The molecule has 0 atom stereocenters. The summed E-state index contributed by atoms with van der Waals surface area (Å²) in [6.45, 7) is 9.79. The number of hydrogen-bond donors (Lipinski definition) is 0. The number of benzene rings is 1. The molecule has 0 amide bonds. The van der Waals surface area contributed by atoms with Gasteiger partial charge in [0, 0.05) is 0 Å². The van der Waals surface area contributed by atoms with Crippen molar-refractivity contribution < 1.29 is 0 Å². The van der Waals surface area contributed by atoms with Gasteiger partial charge in [0.25, 0.3) is 0 Å². The van der Waals surface area contributed by atoms with Crippen LogP contribution < -0.4 is 0 Å². The molecule has 0 unspecified atom stereocenters. The zero-order chi connectivity index (χ0) is 18.4. The van der Waals surface area contributed by atoms with Crippen molar-refractivity contribution in [3.05, 3.63) is 47.2 Å². The summed E-state index contributed by atoms with van der Waals surface area (Å²) in [5, 5.41) is 1.77. The zero-order valence-corrected chi connectivity index (χ0v) is 18.4. The maximum absolute atomic E-state index is 2.61. The van der Waals surface area contributed by atoms with Gasteiger partial charge in [-0.25, -0.2) is 0 Å². The minimum atomic E-state index is -1.17. The first-order valence-electron chi connectivity index (χ1n) is 10.8. The van der Waals surface area contributed by atoms with Crippen LogP contribution in [0.25, 0.3) is 0 Å². The molecule has 0 aromatic heterocycles. The Hall–Kier alpha value is -0.823. The highest BCUT2D eigenvalue weighted by Gasteiger charge is 2.18. The first-order valence-corrected chi connectivity index (χ1v) is 14.3. The first-order chi connectivity index (χ1) is 12.0. The van der Waals surface area contributed by atoms with Gasteiger partial charge in [0.1, 0.15) is 0 Å². The van der Waals surface area contributed by atoms with Gasteiger partial charge in [-0.2, -0.15) is 0 Å². The highest BCUT2D eigenvalue weighted by atomic mass is 28.3. The van der Waals surface area contributed by atoms with Crippen molar-refractivity contribution >= 4 is 8.07 Å². The molecule has 0 nitrogen and oxygen atoms in total. The summed E-state index contributed by atoms with van der Waals surface area (Å²) in [5.74, 6) is 0. The fourth-order valence-electron chi connectivity index (χ4n) is 3.44. The van der Waals surface area contributed by atoms with Gasteiger partial charge < -0.3 is 0 Å². The Bertz CT molecular complexity index is 453. The van der Waals surface area contributed by atoms with Crippen LogP contribution in [0.15, 0.2) is 41.6 Å². The summed E-state index contributed by atoms with van der Waals surface area (Å²) >= 11 is 0. The molecule has 0 saturated heterocycles. The average molecular weight is 359 g/mol. The summed E-state index contributed by atoms with van der Waals surface area (Å²) in [7, 11) is -1.17. The lowest BCUT2D eigenvalue weighted by molar-refractivity contribution is 0.566. The SMILES string of the molecule is CCCCCCCCCCC/C=C(/CCc1ccccc1)[Si](C)(C)C. The molecule has 0 spiro atoms. The lowest BCUT2D eigenvalue weighted by atomic mass is 10.1. The van der Waals surface area contributed by atoms with E-state index < -0.39 is 8.07 Å². The molecule has 0 bridgehead atoms. The van der Waals surface area contributed by atoms with Crippen LogP contribution in [0.1, 0.15) is 83.1 Å². The van der Waals surface area contributed by atoms with Crippen LogP contribution in [0.5, 0.6) is 0 Å². The Morgan fingerprint density at radius 1 is 0.800 bits per heavy atom. The van der Waals surface area contributed by atoms with Crippen molar-refractivity contribution in [2.45, 2.75) is 104 Å². The van der Waals surface area contributed by atoms with Crippen molar-refractivity contribution in [1.29, 1.82) is 0 Å². The van der Waals surface area contributed by atoms with Gasteiger partial charge in [0.2, 0.25) is 0 Å². The van der Waals surface area contributed by atoms with Crippen LogP contribution in [-0.2, 0) is 6.42 Å². The average Bonchev–Trinajstić information content (AvgIpc) is 2.59. The number of aryl methyl sites for hydroxylation is 1. The van der Waals surface area contributed by atoms with Crippen LogP contribution in [0, 0.1) is 0 Å². The molecule has 25 heavy (non-hydrogen) atoms. The molecule has 0 aliphatic heterocycles. The lowest BCUT2D eigenvalue weighted by Crippen LogP contribution is -2.24. The van der Waals surface area contributed by atoms with Gasteiger partial charge >= 0.3 is 0 Å². The minimum absolute atomic E-state index is 1.17. The molecule has 0 aliphatic rings. The molecule has 142 valence electrons. The predicted molar refractivity (Wildman–Crippen MR) is 118 cm³/mol. The summed E-state index contributed by atoms with van der Waals surface area (Å²) in [6.07, 6.45) is 19.2. The lowest BCUT2D eigenvalue weighted by Gasteiger charge is -2.21. The van der Waals surface area contributed by atoms with E-state index in [1.165, 1.54) is 82.6 Å². The van der Waals surface area contributed by atoms with Gasteiger partial charge in [-0.15, -0.1) is 0 Å². The third-order valence-corrected chi connectivity index (χ3v) is 7.57. The van der Waals surface area contributed by atoms with E-state index in [1.807, 2.05) is 0 Å². The summed E-state index contributed by atoms with van der Waals surface area (Å²) in [5.41, 5.74) is 1.48. The Morgan fingerprint density at radius 2 is 1.36 bits per heavy atom. The fourth-order valence-corrected chi connectivity index (χ4v) is 5.07. The Balaban J connectivity index is 2.23. The van der Waals surface area contributed by atoms with E-state index in [1.54, 1.807) is 5.20 Å². The van der Waals surface area contributed by atoms with Crippen molar-refractivity contribution in [2.24, 2.45) is 0 Å². The van der Waals surface area contributed by atoms with E-state index in [4.69, 9.17) is 0 Å². The van der Waals surface area contributed by atoms with Gasteiger partial charge in [-0.1, -0.05) is 120 Å². The van der Waals surface area contributed by atoms with E-state index >= 15 is 0 Å². The number of rotatable bonds is 14. The second-order valence-corrected chi connectivity index (χ2v) is 13.7. The number of hydrogen-bond acceptors (Lipinski definition) is 0. The predicted octanol–water partition coefficient (Wildman–Crippen LogP) is 8.34. The largest absolute Gasteiger partial charge is 0.0892 e. The Labute approximate surface area is 159 Å². The molecule has 1 rings (SSSR count). The van der Waals surface area contributed by atoms with E-state index in [0.717, 1.165) is 0 Å². The molecular weight excluding hydrogens is 316 g/mol. The van der Waals surface area contributed by atoms with Gasteiger partial charge in [0.15, 0.2) is 0 Å². The molecule has 0 radical (unpaired) electrons. The van der Waals surface area contributed by atoms with Crippen LogP contribution in [0.4, 0.5) is 0 Å². The third-order valence-electron chi connectivity index (χ3n) is 5.19. The zero-order valence-electron chi connectivity index (χ0n) is 17.4. The monoisotopic (exact) mass is 358 g/mol. The van der Waals surface area contributed by atoms with Crippen LogP contribution in [0.2, 0.25) is 19.6 Å². The van der Waals surface area contributed by atoms with Crippen LogP contribution >= 0.6 is 0 Å². The van der Waals surface area contributed by atoms with Gasteiger partial charge in [-0.3, -0.25) is 0 Å². The summed E-state index contributed by atoms with van der Waals surface area (Å²) in [6, 6.07) is 11.0. The standard InChI is InChI=1S/C24H42Si/c1-5-6-7-8-9-10-11-12-13-17-20-24(25(2,3)4)22-21-23-18-15-14-16-19-23/h14-16,18-20H,5-13,17,21-22H2,1-4H3/b24-20-. The highest BCUT2D eigenvalue weighted by Crippen LogP contribution is 2.22. The van der Waals surface area contributed by atoms with Crippen molar-refractivity contribution in [3.8, 4) is 0 Å². The molecule has 1 heteroatoms. The second kappa shape index (κ2) is 13.4. The molecule has 0 heterocycles. The second-order valence-electron chi connectivity index (χ2n) is 8.58. The third kappa shape index (κ3) is 11.4. The maximum atomic E-state index is 2.61. The van der Waals surface area contributed by atoms with Crippen molar-refractivity contribution in [3.63, 3.8) is 0 Å². The molecular formula is C24H42Si. The molecule has 0 saturated carbocycles. The Kier molecular flexibility index (Phi) is 11.9. The summed E-state index contributed by atoms with van der Waals surface area (Å²) < 4.78 is 0. The van der Waals surface area contributed by atoms with Crippen molar-refractivity contribution in [2.75, 3.05) is 0 Å². The molecule has 1 aromatic rings. The van der Waals surface area contributed by atoms with E-state index in [-0.39, 0.29) is 0 Å². The van der Waals surface area contributed by atoms with Gasteiger partial charge in [-0.05, 0) is 31.2 Å².